The molecule has 0 aromatic heterocycles. The predicted molar refractivity (Wildman–Crippen MR) is 320 cm³/mol. The lowest BCUT2D eigenvalue weighted by atomic mass is 10.0. The molecular formula is C67H129NO5. The van der Waals surface area contributed by atoms with Crippen LogP contribution < -0.4 is 5.32 Å². The van der Waals surface area contributed by atoms with Crippen molar-refractivity contribution in [2.75, 3.05) is 13.2 Å². The number of nitrogens with one attached hydrogen (secondary N) is 1. The Labute approximate surface area is 456 Å². The van der Waals surface area contributed by atoms with Gasteiger partial charge in [-0.05, 0) is 57.8 Å². The van der Waals surface area contributed by atoms with Crippen molar-refractivity contribution < 1.29 is 24.5 Å². The second kappa shape index (κ2) is 62.9. The first-order valence-corrected chi connectivity index (χ1v) is 33.1. The van der Waals surface area contributed by atoms with Crippen LogP contribution in [0, 0.1) is 0 Å². The molecule has 0 aromatic rings. The highest BCUT2D eigenvalue weighted by atomic mass is 16.5. The zero-order valence-electron chi connectivity index (χ0n) is 49.4. The van der Waals surface area contributed by atoms with Gasteiger partial charge >= 0.3 is 5.97 Å². The number of carbonyl (C=O) groups excluding carboxylic acids is 2. The lowest BCUT2D eigenvalue weighted by Crippen LogP contribution is -2.45. The van der Waals surface area contributed by atoms with Crippen molar-refractivity contribution in [2.45, 2.75) is 379 Å². The molecule has 0 rings (SSSR count). The molecule has 0 fully saturated rings. The average molecular weight is 1030 g/mol. The number of aliphatic hydroxyl groups is 2. The molecule has 0 radical (unpaired) electrons. The van der Waals surface area contributed by atoms with E-state index >= 15 is 0 Å². The van der Waals surface area contributed by atoms with Crippen LogP contribution in [0.1, 0.15) is 367 Å². The molecule has 0 bridgehead atoms. The fraction of sp³-hybridized carbons (Fsp3) is 0.910. The standard InChI is InChI=1S/C67H129NO5/c1-3-5-7-9-11-13-15-17-18-19-30-33-37-41-45-49-53-57-61-67(72)73-62-58-54-50-46-42-38-34-31-28-26-24-22-20-21-23-25-27-29-32-36-40-44-48-52-56-60-66(71)68-64(63-69)65(70)59-55-51-47-43-39-35-16-14-12-10-8-6-4-2/h21-24,64-65,69-70H,3-20,25-63H2,1-2H3,(H,68,71)/b23-21-,24-22-. The van der Waals surface area contributed by atoms with Gasteiger partial charge in [-0.2, -0.15) is 0 Å². The molecule has 0 aliphatic heterocycles. The van der Waals surface area contributed by atoms with Crippen molar-refractivity contribution in [3.63, 3.8) is 0 Å². The van der Waals surface area contributed by atoms with Crippen molar-refractivity contribution in [3.8, 4) is 0 Å². The smallest absolute Gasteiger partial charge is 0.305 e. The number of unbranched alkanes of at least 4 members (excludes halogenated alkanes) is 47. The van der Waals surface area contributed by atoms with Crippen molar-refractivity contribution in [2.24, 2.45) is 0 Å². The number of allylic oxidation sites excluding steroid dienone is 4. The maximum Gasteiger partial charge on any atom is 0.305 e. The summed E-state index contributed by atoms with van der Waals surface area (Å²) in [5.41, 5.74) is 0. The molecule has 0 saturated heterocycles. The van der Waals surface area contributed by atoms with E-state index in [0.717, 1.165) is 44.9 Å². The van der Waals surface area contributed by atoms with E-state index in [-0.39, 0.29) is 18.5 Å². The van der Waals surface area contributed by atoms with Gasteiger partial charge in [0.05, 0.1) is 25.4 Å². The first kappa shape index (κ1) is 71.3. The quantitative estimate of drug-likeness (QED) is 0.0320. The third-order valence-electron chi connectivity index (χ3n) is 15.5. The SMILES string of the molecule is CCCCCCCCCCCCCCCCCCCCC(=O)OCCCCCCCCCCC/C=C\C/C=C\CCCCCCCCCCCC(=O)NC(CO)C(O)CCCCCCCCCCCCCCC. The number of aliphatic hydroxyl groups excluding tert-OH is 2. The summed E-state index contributed by atoms with van der Waals surface area (Å²) in [4.78, 5) is 24.6. The highest BCUT2D eigenvalue weighted by Crippen LogP contribution is 2.18. The van der Waals surface area contributed by atoms with Crippen LogP contribution >= 0.6 is 0 Å². The Bertz CT molecular complexity index is 1140. The van der Waals surface area contributed by atoms with Crippen LogP contribution in [0.3, 0.4) is 0 Å². The number of hydrogen-bond acceptors (Lipinski definition) is 5. The normalized spacial score (nSPS) is 12.7. The third-order valence-corrected chi connectivity index (χ3v) is 15.5. The van der Waals surface area contributed by atoms with Crippen LogP contribution in [-0.2, 0) is 14.3 Å². The molecule has 6 heteroatoms. The lowest BCUT2D eigenvalue weighted by Gasteiger charge is -2.22. The van der Waals surface area contributed by atoms with Gasteiger partial charge in [0.2, 0.25) is 5.91 Å². The molecule has 2 atom stereocenters. The molecule has 1 amide bonds. The van der Waals surface area contributed by atoms with E-state index in [9.17, 15) is 19.8 Å². The van der Waals surface area contributed by atoms with Gasteiger partial charge in [-0.25, -0.2) is 0 Å². The number of esters is 1. The van der Waals surface area contributed by atoms with Crippen LogP contribution in [-0.4, -0.2) is 47.4 Å². The summed E-state index contributed by atoms with van der Waals surface area (Å²) in [6.45, 7) is 4.97. The van der Waals surface area contributed by atoms with E-state index in [1.54, 1.807) is 0 Å². The van der Waals surface area contributed by atoms with Crippen molar-refractivity contribution in [3.05, 3.63) is 24.3 Å². The van der Waals surface area contributed by atoms with Crippen LogP contribution in [0.2, 0.25) is 0 Å². The summed E-state index contributed by atoms with van der Waals surface area (Å²) >= 11 is 0. The number of hydrogen-bond donors (Lipinski definition) is 3. The van der Waals surface area contributed by atoms with Crippen LogP contribution in [0.15, 0.2) is 24.3 Å². The summed E-state index contributed by atoms with van der Waals surface area (Å²) in [5, 5.41) is 23.3. The summed E-state index contributed by atoms with van der Waals surface area (Å²) in [5.74, 6) is -0.0258. The fourth-order valence-electron chi connectivity index (χ4n) is 10.4. The van der Waals surface area contributed by atoms with Gasteiger partial charge in [-0.15, -0.1) is 0 Å². The van der Waals surface area contributed by atoms with Crippen LogP contribution in [0.25, 0.3) is 0 Å². The fourth-order valence-corrected chi connectivity index (χ4v) is 10.4. The molecule has 0 aliphatic carbocycles. The highest BCUT2D eigenvalue weighted by molar-refractivity contribution is 5.76. The number of carbonyl (C=O) groups is 2. The molecule has 0 saturated carbocycles. The maximum atomic E-state index is 12.5. The minimum absolute atomic E-state index is 0.0139. The number of rotatable bonds is 62. The summed E-state index contributed by atoms with van der Waals surface area (Å²) < 4.78 is 5.50. The molecular weight excluding hydrogens is 899 g/mol. The Morgan fingerprint density at radius 3 is 1.04 bits per heavy atom. The van der Waals surface area contributed by atoms with E-state index in [1.807, 2.05) is 0 Å². The van der Waals surface area contributed by atoms with Crippen molar-refractivity contribution in [1.29, 1.82) is 0 Å². The Hall–Kier alpha value is -1.66. The highest BCUT2D eigenvalue weighted by Gasteiger charge is 2.20. The summed E-state index contributed by atoms with van der Waals surface area (Å²) in [6, 6.07) is -0.545. The minimum Gasteiger partial charge on any atom is -0.466 e. The Balaban J connectivity index is 3.40. The molecule has 0 aromatic carbocycles. The second-order valence-corrected chi connectivity index (χ2v) is 22.8. The topological polar surface area (TPSA) is 95.9 Å². The second-order valence-electron chi connectivity index (χ2n) is 22.8. The Morgan fingerprint density at radius 1 is 0.384 bits per heavy atom. The predicted octanol–water partition coefficient (Wildman–Crippen LogP) is 21.0. The van der Waals surface area contributed by atoms with Gasteiger partial charge in [0, 0.05) is 12.8 Å². The molecule has 0 aliphatic rings. The summed E-state index contributed by atoms with van der Waals surface area (Å²) in [6.07, 6.45) is 77.8. The lowest BCUT2D eigenvalue weighted by molar-refractivity contribution is -0.143. The molecule has 6 nitrogen and oxygen atoms in total. The van der Waals surface area contributed by atoms with Gasteiger partial charge in [-0.3, -0.25) is 9.59 Å². The molecule has 73 heavy (non-hydrogen) atoms. The molecule has 3 N–H and O–H groups in total. The van der Waals surface area contributed by atoms with Gasteiger partial charge < -0.3 is 20.3 Å². The van der Waals surface area contributed by atoms with E-state index in [4.69, 9.17) is 4.74 Å². The Kier molecular flexibility index (Phi) is 61.4. The van der Waals surface area contributed by atoms with E-state index < -0.39 is 12.1 Å². The number of amides is 1. The molecule has 432 valence electrons. The zero-order chi connectivity index (χ0) is 52.9. The summed E-state index contributed by atoms with van der Waals surface area (Å²) in [7, 11) is 0. The van der Waals surface area contributed by atoms with Gasteiger partial charge in [-0.1, -0.05) is 321 Å². The molecule has 0 spiro atoms. The van der Waals surface area contributed by atoms with Crippen LogP contribution in [0.4, 0.5) is 0 Å². The maximum absolute atomic E-state index is 12.5. The molecule has 0 heterocycles. The number of ether oxygens (including phenoxy) is 1. The van der Waals surface area contributed by atoms with Gasteiger partial charge in [0.15, 0.2) is 0 Å². The van der Waals surface area contributed by atoms with Gasteiger partial charge in [0.25, 0.3) is 0 Å². The van der Waals surface area contributed by atoms with E-state index in [0.29, 0.717) is 25.9 Å². The van der Waals surface area contributed by atoms with Gasteiger partial charge in [0.1, 0.15) is 0 Å². The first-order chi connectivity index (χ1) is 36.0. The largest absolute Gasteiger partial charge is 0.466 e. The molecule has 2 unspecified atom stereocenters. The third kappa shape index (κ3) is 59.4. The first-order valence-electron chi connectivity index (χ1n) is 33.1. The van der Waals surface area contributed by atoms with E-state index in [1.165, 1.54) is 289 Å². The van der Waals surface area contributed by atoms with Crippen molar-refractivity contribution in [1.82, 2.24) is 5.32 Å². The minimum atomic E-state index is -0.667. The monoisotopic (exact) mass is 1030 g/mol. The van der Waals surface area contributed by atoms with Crippen LogP contribution in [0.5, 0.6) is 0 Å². The Morgan fingerprint density at radius 2 is 0.685 bits per heavy atom. The zero-order valence-corrected chi connectivity index (χ0v) is 49.4. The van der Waals surface area contributed by atoms with Crippen molar-refractivity contribution >= 4 is 11.9 Å². The van der Waals surface area contributed by atoms with E-state index in [2.05, 4.69) is 43.5 Å². The average Bonchev–Trinajstić information content (AvgIpc) is 3.39.